The first-order valence-corrected chi connectivity index (χ1v) is 7.04. The fourth-order valence-corrected chi connectivity index (χ4v) is 2.69. The van der Waals surface area contributed by atoms with Crippen LogP contribution in [-0.4, -0.2) is 20.6 Å². The zero-order valence-corrected chi connectivity index (χ0v) is 11.6. The number of carbonyl (C=O) groups is 1. The highest BCUT2D eigenvalue weighted by molar-refractivity contribution is 5.87. The van der Waals surface area contributed by atoms with E-state index in [2.05, 4.69) is 4.98 Å². The van der Waals surface area contributed by atoms with Crippen molar-refractivity contribution >= 4 is 5.97 Å². The lowest BCUT2D eigenvalue weighted by Gasteiger charge is -2.15. The van der Waals surface area contributed by atoms with E-state index in [4.69, 9.17) is 5.11 Å². The summed E-state index contributed by atoms with van der Waals surface area (Å²) >= 11 is 0. The molecule has 5 heteroatoms. The minimum atomic E-state index is -0.950. The zero-order valence-electron chi connectivity index (χ0n) is 11.6. The normalized spacial score (nSPS) is 13.7. The van der Waals surface area contributed by atoms with E-state index in [0.717, 1.165) is 42.5 Å². The molecule has 0 amide bonds. The zero-order chi connectivity index (χ0) is 14.8. The average Bonchev–Trinajstić information content (AvgIpc) is 2.51. The molecule has 1 aromatic carbocycles. The number of carboxylic acids is 1. The van der Waals surface area contributed by atoms with Crippen molar-refractivity contribution < 1.29 is 9.90 Å². The first-order chi connectivity index (χ1) is 10.1. The van der Waals surface area contributed by atoms with E-state index < -0.39 is 5.97 Å². The molecule has 1 aliphatic carbocycles. The number of aromatic carboxylic acids is 1. The number of fused-ring (bicyclic) bond motifs is 1. The molecule has 0 atom stereocenters. The number of nitrogens with zero attached hydrogens (tertiary/aromatic N) is 2. The summed E-state index contributed by atoms with van der Waals surface area (Å²) in [5.74, 6) is -0.950. The van der Waals surface area contributed by atoms with Gasteiger partial charge in [-0.1, -0.05) is 12.1 Å². The molecule has 2 aromatic rings. The lowest BCUT2D eigenvalue weighted by Crippen LogP contribution is -2.28. The molecule has 0 radical (unpaired) electrons. The van der Waals surface area contributed by atoms with Gasteiger partial charge in [0.25, 0.3) is 5.56 Å². The minimum absolute atomic E-state index is 0.0296. The fourth-order valence-electron chi connectivity index (χ4n) is 2.69. The molecule has 0 spiro atoms. The molecule has 1 aromatic heterocycles. The predicted molar refractivity (Wildman–Crippen MR) is 77.6 cm³/mol. The van der Waals surface area contributed by atoms with E-state index in [0.29, 0.717) is 6.54 Å². The smallest absolute Gasteiger partial charge is 0.335 e. The predicted octanol–water partition coefficient (Wildman–Crippen LogP) is 1.87. The molecular formula is C16H16N2O3. The van der Waals surface area contributed by atoms with E-state index in [1.54, 1.807) is 35.2 Å². The molecule has 1 heterocycles. The second-order valence-electron chi connectivity index (χ2n) is 5.31. The van der Waals surface area contributed by atoms with Crippen molar-refractivity contribution in [2.75, 3.05) is 0 Å². The SMILES string of the molecule is O=C(O)c1ccc(Cn2cnc3c(c2=O)CCCC3)cc1. The number of hydrogen-bond acceptors (Lipinski definition) is 3. The minimum Gasteiger partial charge on any atom is -0.478 e. The van der Waals surface area contributed by atoms with E-state index in [1.165, 1.54) is 0 Å². The summed E-state index contributed by atoms with van der Waals surface area (Å²) in [6.45, 7) is 0.416. The lowest BCUT2D eigenvalue weighted by molar-refractivity contribution is 0.0697. The van der Waals surface area contributed by atoms with Crippen LogP contribution in [-0.2, 0) is 19.4 Å². The summed E-state index contributed by atoms with van der Waals surface area (Å²) in [6, 6.07) is 6.56. The molecule has 21 heavy (non-hydrogen) atoms. The van der Waals surface area contributed by atoms with Gasteiger partial charge in [-0.2, -0.15) is 0 Å². The Hall–Kier alpha value is -2.43. The van der Waals surface area contributed by atoms with Gasteiger partial charge >= 0.3 is 5.97 Å². The van der Waals surface area contributed by atoms with Crippen LogP contribution >= 0.6 is 0 Å². The number of hydrogen-bond donors (Lipinski definition) is 1. The molecule has 108 valence electrons. The van der Waals surface area contributed by atoms with Gasteiger partial charge < -0.3 is 5.11 Å². The third kappa shape index (κ3) is 2.72. The maximum atomic E-state index is 12.4. The second-order valence-corrected chi connectivity index (χ2v) is 5.31. The van der Waals surface area contributed by atoms with Crippen LogP contribution in [0.5, 0.6) is 0 Å². The van der Waals surface area contributed by atoms with Gasteiger partial charge in [-0.3, -0.25) is 9.36 Å². The molecule has 0 saturated heterocycles. The van der Waals surface area contributed by atoms with Crippen LogP contribution in [0.2, 0.25) is 0 Å². The van der Waals surface area contributed by atoms with Crippen molar-refractivity contribution in [2.45, 2.75) is 32.2 Å². The summed E-state index contributed by atoms with van der Waals surface area (Å²) in [6.07, 6.45) is 5.43. The molecule has 1 N–H and O–H groups in total. The highest BCUT2D eigenvalue weighted by Gasteiger charge is 2.15. The van der Waals surface area contributed by atoms with E-state index in [1.807, 2.05) is 0 Å². The molecule has 3 rings (SSSR count). The highest BCUT2D eigenvalue weighted by atomic mass is 16.4. The second kappa shape index (κ2) is 5.52. The largest absolute Gasteiger partial charge is 0.478 e. The summed E-state index contributed by atoms with van der Waals surface area (Å²) in [5.41, 5.74) is 2.94. The topological polar surface area (TPSA) is 72.2 Å². The Kier molecular flexibility index (Phi) is 3.56. The van der Waals surface area contributed by atoms with Crippen LogP contribution < -0.4 is 5.56 Å². The van der Waals surface area contributed by atoms with Gasteiger partial charge in [0.1, 0.15) is 0 Å². The van der Waals surface area contributed by atoms with Crippen molar-refractivity contribution in [1.29, 1.82) is 0 Å². The standard InChI is InChI=1S/C16H16N2O3/c19-15-13-3-1-2-4-14(13)17-10-18(15)9-11-5-7-12(8-6-11)16(20)21/h5-8,10H,1-4,9H2,(H,20,21). The quantitative estimate of drug-likeness (QED) is 0.934. The van der Waals surface area contributed by atoms with Crippen LogP contribution in [0.15, 0.2) is 35.4 Å². The van der Waals surface area contributed by atoms with Crippen molar-refractivity contribution in [3.05, 3.63) is 63.3 Å². The van der Waals surface area contributed by atoms with Crippen molar-refractivity contribution in [3.8, 4) is 0 Å². The maximum Gasteiger partial charge on any atom is 0.335 e. The van der Waals surface area contributed by atoms with Crippen molar-refractivity contribution in [1.82, 2.24) is 9.55 Å². The van der Waals surface area contributed by atoms with Crippen molar-refractivity contribution in [2.24, 2.45) is 0 Å². The van der Waals surface area contributed by atoms with Crippen LogP contribution in [0.1, 0.15) is 40.0 Å². The van der Waals surface area contributed by atoms with E-state index in [-0.39, 0.29) is 11.1 Å². The molecule has 0 saturated carbocycles. The number of aromatic nitrogens is 2. The highest BCUT2D eigenvalue weighted by Crippen LogP contribution is 2.15. The van der Waals surface area contributed by atoms with E-state index in [9.17, 15) is 9.59 Å². The Morgan fingerprint density at radius 1 is 1.19 bits per heavy atom. The Morgan fingerprint density at radius 3 is 2.62 bits per heavy atom. The third-order valence-electron chi connectivity index (χ3n) is 3.86. The van der Waals surface area contributed by atoms with Gasteiger partial charge in [-0.25, -0.2) is 9.78 Å². The molecule has 0 bridgehead atoms. The van der Waals surface area contributed by atoms with Crippen LogP contribution in [0, 0.1) is 0 Å². The van der Waals surface area contributed by atoms with Gasteiger partial charge in [0.15, 0.2) is 0 Å². The Balaban J connectivity index is 1.88. The summed E-state index contributed by atoms with van der Waals surface area (Å²) in [4.78, 5) is 27.6. The molecule has 5 nitrogen and oxygen atoms in total. The lowest BCUT2D eigenvalue weighted by atomic mass is 9.97. The number of aryl methyl sites for hydroxylation is 1. The van der Waals surface area contributed by atoms with Crippen LogP contribution in [0.25, 0.3) is 0 Å². The molecular weight excluding hydrogens is 268 g/mol. The summed E-state index contributed by atoms with van der Waals surface area (Å²) in [5, 5.41) is 8.88. The number of carboxylic acid groups (broad SMARTS) is 1. The monoisotopic (exact) mass is 284 g/mol. The van der Waals surface area contributed by atoms with Crippen molar-refractivity contribution in [3.63, 3.8) is 0 Å². The molecule has 0 fully saturated rings. The average molecular weight is 284 g/mol. The maximum absolute atomic E-state index is 12.4. The van der Waals surface area contributed by atoms with Gasteiger partial charge in [-0.05, 0) is 43.4 Å². The Labute approximate surface area is 121 Å². The van der Waals surface area contributed by atoms with Gasteiger partial charge in [0, 0.05) is 5.56 Å². The van der Waals surface area contributed by atoms with Gasteiger partial charge in [0.05, 0.1) is 24.1 Å². The third-order valence-corrected chi connectivity index (χ3v) is 3.86. The Bertz CT molecular complexity index is 732. The first-order valence-electron chi connectivity index (χ1n) is 7.04. The fraction of sp³-hybridized carbons (Fsp3) is 0.312. The van der Waals surface area contributed by atoms with Gasteiger partial charge in [0.2, 0.25) is 0 Å². The Morgan fingerprint density at radius 2 is 1.90 bits per heavy atom. The molecule has 1 aliphatic rings. The van der Waals surface area contributed by atoms with Crippen LogP contribution in [0.3, 0.4) is 0 Å². The number of benzene rings is 1. The summed E-state index contributed by atoms with van der Waals surface area (Å²) < 4.78 is 1.60. The van der Waals surface area contributed by atoms with Crippen LogP contribution in [0.4, 0.5) is 0 Å². The molecule has 0 unspecified atom stereocenters. The van der Waals surface area contributed by atoms with Gasteiger partial charge in [-0.15, -0.1) is 0 Å². The van der Waals surface area contributed by atoms with E-state index >= 15 is 0 Å². The first kappa shape index (κ1) is 13.5. The number of rotatable bonds is 3. The molecule has 0 aliphatic heterocycles. The summed E-state index contributed by atoms with van der Waals surface area (Å²) in [7, 11) is 0.